The van der Waals surface area contributed by atoms with Gasteiger partial charge in [0.2, 0.25) is 5.91 Å². The first-order valence-electron chi connectivity index (χ1n) is 5.85. The van der Waals surface area contributed by atoms with Gasteiger partial charge in [-0.1, -0.05) is 30.3 Å². The molecule has 1 aliphatic carbocycles. The van der Waals surface area contributed by atoms with Crippen LogP contribution in [0.3, 0.4) is 0 Å². The summed E-state index contributed by atoms with van der Waals surface area (Å²) in [5.74, 6) is 0.0704. The second-order valence-corrected chi connectivity index (χ2v) is 4.42. The highest BCUT2D eigenvalue weighted by atomic mass is 35.5. The number of nitrogens with one attached hydrogen (secondary N) is 1. The fraction of sp³-hybridized carbons (Fsp3) is 0.462. The molecule has 17 heavy (non-hydrogen) atoms. The number of carbonyl (C=O) groups excluding carboxylic acids is 1. The summed E-state index contributed by atoms with van der Waals surface area (Å²) in [4.78, 5) is 11.6. The third-order valence-electron chi connectivity index (χ3n) is 3.10. The first-order valence-corrected chi connectivity index (χ1v) is 5.85. The molecule has 3 N–H and O–H groups in total. The number of rotatable bonds is 4. The molecule has 1 amide bonds. The Morgan fingerprint density at radius 1 is 1.35 bits per heavy atom. The zero-order valence-electron chi connectivity index (χ0n) is 9.76. The number of benzene rings is 1. The molecule has 3 nitrogen and oxygen atoms in total. The van der Waals surface area contributed by atoms with E-state index in [1.807, 2.05) is 30.3 Å². The maximum absolute atomic E-state index is 11.6. The van der Waals surface area contributed by atoms with Crippen molar-refractivity contribution in [1.82, 2.24) is 5.32 Å². The smallest absolute Gasteiger partial charge is 0.222 e. The summed E-state index contributed by atoms with van der Waals surface area (Å²) in [6.45, 7) is 0. The van der Waals surface area contributed by atoms with E-state index in [9.17, 15) is 4.79 Å². The molecule has 1 aliphatic rings. The Morgan fingerprint density at radius 3 is 2.53 bits per heavy atom. The summed E-state index contributed by atoms with van der Waals surface area (Å²) in [5, 5.41) is 3.00. The second-order valence-electron chi connectivity index (χ2n) is 4.42. The van der Waals surface area contributed by atoms with Crippen LogP contribution in [0.1, 0.15) is 37.3 Å². The third-order valence-corrected chi connectivity index (χ3v) is 3.10. The minimum absolute atomic E-state index is 0. The molecule has 4 heteroatoms. The van der Waals surface area contributed by atoms with Crippen molar-refractivity contribution in [2.75, 3.05) is 0 Å². The van der Waals surface area contributed by atoms with Crippen molar-refractivity contribution >= 4 is 18.3 Å². The van der Waals surface area contributed by atoms with Gasteiger partial charge in [-0.3, -0.25) is 4.79 Å². The molecule has 0 saturated heterocycles. The quantitative estimate of drug-likeness (QED) is 0.865. The van der Waals surface area contributed by atoms with Gasteiger partial charge in [-0.15, -0.1) is 12.4 Å². The highest BCUT2D eigenvalue weighted by molar-refractivity contribution is 5.85. The predicted octanol–water partition coefficient (Wildman–Crippen LogP) is 2.17. The van der Waals surface area contributed by atoms with E-state index in [2.05, 4.69) is 5.32 Å². The van der Waals surface area contributed by atoms with E-state index < -0.39 is 0 Å². The average Bonchev–Trinajstić information content (AvgIpc) is 2.25. The molecule has 1 aromatic rings. The summed E-state index contributed by atoms with van der Waals surface area (Å²) >= 11 is 0. The minimum Gasteiger partial charge on any atom is -0.353 e. The molecule has 1 atom stereocenters. The van der Waals surface area contributed by atoms with Crippen molar-refractivity contribution < 1.29 is 4.79 Å². The maximum atomic E-state index is 11.6. The van der Waals surface area contributed by atoms with Gasteiger partial charge in [-0.25, -0.2) is 0 Å². The van der Waals surface area contributed by atoms with Crippen LogP contribution in [0, 0.1) is 0 Å². The number of nitrogens with two attached hydrogens (primary N) is 1. The lowest BCUT2D eigenvalue weighted by Gasteiger charge is -2.27. The largest absolute Gasteiger partial charge is 0.353 e. The summed E-state index contributed by atoms with van der Waals surface area (Å²) in [6, 6.07) is 9.96. The average molecular weight is 255 g/mol. The normalized spacial score (nSPS) is 16.5. The highest BCUT2D eigenvalue weighted by Gasteiger charge is 2.20. The lowest BCUT2D eigenvalue weighted by molar-refractivity contribution is -0.122. The van der Waals surface area contributed by atoms with Gasteiger partial charge in [0, 0.05) is 18.5 Å². The van der Waals surface area contributed by atoms with Crippen LogP contribution < -0.4 is 11.1 Å². The summed E-state index contributed by atoms with van der Waals surface area (Å²) in [5.41, 5.74) is 6.99. The van der Waals surface area contributed by atoms with Crippen LogP contribution in [0.25, 0.3) is 0 Å². The fourth-order valence-electron chi connectivity index (χ4n) is 1.86. The Morgan fingerprint density at radius 2 is 2.00 bits per heavy atom. The van der Waals surface area contributed by atoms with E-state index in [4.69, 9.17) is 5.73 Å². The molecule has 0 bridgehead atoms. The number of halogens is 1. The molecule has 2 rings (SSSR count). The molecule has 1 saturated carbocycles. The molecule has 0 aliphatic heterocycles. The molecule has 1 fully saturated rings. The van der Waals surface area contributed by atoms with Gasteiger partial charge in [-0.2, -0.15) is 0 Å². The van der Waals surface area contributed by atoms with Crippen molar-refractivity contribution in [2.45, 2.75) is 37.8 Å². The molecule has 94 valence electrons. The van der Waals surface area contributed by atoms with Gasteiger partial charge >= 0.3 is 0 Å². The van der Waals surface area contributed by atoms with E-state index in [0.29, 0.717) is 12.5 Å². The number of hydrogen-bond acceptors (Lipinski definition) is 2. The molecule has 1 unspecified atom stereocenters. The molecule has 0 aromatic heterocycles. The van der Waals surface area contributed by atoms with Crippen LogP contribution in [0.5, 0.6) is 0 Å². The Labute approximate surface area is 108 Å². The van der Waals surface area contributed by atoms with Crippen LogP contribution >= 0.6 is 12.4 Å². The molecule has 0 spiro atoms. The first-order chi connectivity index (χ1) is 7.75. The van der Waals surface area contributed by atoms with Crippen LogP contribution in [0.15, 0.2) is 30.3 Å². The number of amides is 1. The maximum Gasteiger partial charge on any atom is 0.222 e. The SMILES string of the molecule is Cl.NC(CC(=O)NC1CCC1)c1ccccc1. The van der Waals surface area contributed by atoms with Crippen molar-refractivity contribution in [3.63, 3.8) is 0 Å². The molecule has 0 heterocycles. The van der Waals surface area contributed by atoms with Crippen molar-refractivity contribution in [3.8, 4) is 0 Å². The van der Waals surface area contributed by atoms with Gasteiger partial charge in [-0.05, 0) is 24.8 Å². The van der Waals surface area contributed by atoms with Gasteiger partial charge in [0.05, 0.1) is 0 Å². The number of carbonyl (C=O) groups is 1. The standard InChI is InChI=1S/C13H18N2O.ClH/c14-12(10-5-2-1-3-6-10)9-13(16)15-11-7-4-8-11;/h1-3,5-6,11-12H,4,7-9,14H2,(H,15,16);1H. The molecular weight excluding hydrogens is 236 g/mol. The van der Waals surface area contributed by atoms with Gasteiger partial charge in [0.25, 0.3) is 0 Å². The van der Waals surface area contributed by atoms with E-state index in [0.717, 1.165) is 18.4 Å². The zero-order chi connectivity index (χ0) is 11.4. The van der Waals surface area contributed by atoms with E-state index in [1.54, 1.807) is 0 Å². The van der Waals surface area contributed by atoms with Crippen LogP contribution in [-0.2, 0) is 4.79 Å². The summed E-state index contributed by atoms with van der Waals surface area (Å²) in [7, 11) is 0. The summed E-state index contributed by atoms with van der Waals surface area (Å²) < 4.78 is 0. The molecule has 0 radical (unpaired) electrons. The monoisotopic (exact) mass is 254 g/mol. The van der Waals surface area contributed by atoms with Gasteiger partial charge in [0.1, 0.15) is 0 Å². The zero-order valence-corrected chi connectivity index (χ0v) is 10.6. The first kappa shape index (κ1) is 14.0. The second kappa shape index (κ2) is 6.62. The van der Waals surface area contributed by atoms with Crippen molar-refractivity contribution in [3.05, 3.63) is 35.9 Å². The van der Waals surface area contributed by atoms with E-state index >= 15 is 0 Å². The lowest BCUT2D eigenvalue weighted by atomic mass is 9.93. The van der Waals surface area contributed by atoms with Crippen molar-refractivity contribution in [1.29, 1.82) is 0 Å². The van der Waals surface area contributed by atoms with E-state index in [1.165, 1.54) is 6.42 Å². The highest BCUT2D eigenvalue weighted by Crippen LogP contribution is 2.19. The topological polar surface area (TPSA) is 55.1 Å². The fourth-order valence-corrected chi connectivity index (χ4v) is 1.86. The third kappa shape index (κ3) is 4.02. The molecular formula is C13H19ClN2O. The lowest BCUT2D eigenvalue weighted by Crippen LogP contribution is -2.40. The van der Waals surface area contributed by atoms with Crippen LogP contribution in [0.2, 0.25) is 0 Å². The minimum atomic E-state index is -0.193. The van der Waals surface area contributed by atoms with Crippen LogP contribution in [0.4, 0.5) is 0 Å². The predicted molar refractivity (Wildman–Crippen MR) is 71.0 cm³/mol. The Kier molecular flexibility index (Phi) is 5.45. The molecule has 1 aromatic carbocycles. The Hall–Kier alpha value is -1.06. The van der Waals surface area contributed by atoms with Crippen LogP contribution in [-0.4, -0.2) is 11.9 Å². The van der Waals surface area contributed by atoms with Crippen molar-refractivity contribution in [2.24, 2.45) is 5.73 Å². The number of hydrogen-bond donors (Lipinski definition) is 2. The summed E-state index contributed by atoms with van der Waals surface area (Å²) in [6.07, 6.45) is 3.84. The van der Waals surface area contributed by atoms with Gasteiger partial charge in [0.15, 0.2) is 0 Å². The van der Waals surface area contributed by atoms with E-state index in [-0.39, 0.29) is 24.4 Å². The Bertz CT molecular complexity index is 352. The van der Waals surface area contributed by atoms with Gasteiger partial charge < -0.3 is 11.1 Å². The Balaban J connectivity index is 0.00000144.